The summed E-state index contributed by atoms with van der Waals surface area (Å²) < 4.78 is 1.64. The fourth-order valence-corrected chi connectivity index (χ4v) is 2.86. The average Bonchev–Trinajstić information content (AvgIpc) is 2.97. The van der Waals surface area contributed by atoms with E-state index in [1.165, 1.54) is 11.1 Å². The van der Waals surface area contributed by atoms with Crippen molar-refractivity contribution in [2.75, 3.05) is 5.32 Å². The number of nitrogens with one attached hydrogen (secondary N) is 1. The highest BCUT2D eigenvalue weighted by atomic mass is 35.5. The quantitative estimate of drug-likeness (QED) is 0.609. The number of halogens is 1. The van der Waals surface area contributed by atoms with Crippen molar-refractivity contribution in [1.29, 1.82) is 0 Å². The Morgan fingerprint density at radius 1 is 1.04 bits per heavy atom. The minimum atomic E-state index is 0.555. The summed E-state index contributed by atoms with van der Waals surface area (Å²) in [5.41, 5.74) is 5.39. The summed E-state index contributed by atoms with van der Waals surface area (Å²) in [6, 6.07) is 11.7. The summed E-state index contributed by atoms with van der Waals surface area (Å²) in [7, 11) is 0. The molecule has 4 rings (SSSR count). The summed E-state index contributed by atoms with van der Waals surface area (Å²) >= 11 is 6.07. The van der Waals surface area contributed by atoms with Gasteiger partial charge in [-0.05, 0) is 65.7 Å². The van der Waals surface area contributed by atoms with Crippen LogP contribution in [0.1, 0.15) is 11.1 Å². The molecule has 0 amide bonds. The van der Waals surface area contributed by atoms with Crippen LogP contribution in [0, 0.1) is 13.8 Å². The smallest absolute Gasteiger partial charge is 0.222 e. The van der Waals surface area contributed by atoms with E-state index in [0.717, 1.165) is 16.7 Å². The molecule has 0 unspecified atom stereocenters. The summed E-state index contributed by atoms with van der Waals surface area (Å²) in [5.74, 6) is 0.606. The van der Waals surface area contributed by atoms with Gasteiger partial charge in [-0.3, -0.25) is 0 Å². The minimum Gasteiger partial charge on any atom is -0.337 e. The zero-order valence-corrected chi connectivity index (χ0v) is 13.3. The van der Waals surface area contributed by atoms with Crippen LogP contribution in [0.15, 0.2) is 36.4 Å². The maximum atomic E-state index is 6.07. The number of nitrogens with zero attached hydrogens (tertiary/aromatic N) is 5. The molecule has 2 aromatic carbocycles. The second-order valence-electron chi connectivity index (χ2n) is 5.51. The molecule has 0 aliphatic heterocycles. The van der Waals surface area contributed by atoms with E-state index in [1.54, 1.807) is 16.6 Å². The van der Waals surface area contributed by atoms with Gasteiger partial charge in [0.15, 0.2) is 5.82 Å². The molecular formula is C16H13ClN6. The van der Waals surface area contributed by atoms with Gasteiger partial charge in [-0.25, -0.2) is 4.98 Å². The number of hydrogen-bond acceptors (Lipinski definition) is 5. The number of rotatable bonds is 2. The van der Waals surface area contributed by atoms with Crippen molar-refractivity contribution in [2.45, 2.75) is 13.8 Å². The van der Waals surface area contributed by atoms with Crippen LogP contribution in [-0.4, -0.2) is 25.0 Å². The Kier molecular flexibility index (Phi) is 3.12. The highest BCUT2D eigenvalue weighted by Crippen LogP contribution is 2.25. The van der Waals surface area contributed by atoms with Gasteiger partial charge in [0, 0.05) is 10.7 Å². The van der Waals surface area contributed by atoms with E-state index in [-0.39, 0.29) is 0 Å². The van der Waals surface area contributed by atoms with Gasteiger partial charge in [0.1, 0.15) is 0 Å². The van der Waals surface area contributed by atoms with Crippen LogP contribution >= 0.6 is 11.6 Å². The first-order valence-electron chi connectivity index (χ1n) is 7.13. The third-order valence-electron chi connectivity index (χ3n) is 3.56. The van der Waals surface area contributed by atoms with Gasteiger partial charge in [-0.2, -0.15) is 4.52 Å². The molecule has 0 atom stereocenters. The Labute approximate surface area is 137 Å². The first-order chi connectivity index (χ1) is 11.1. The fraction of sp³-hybridized carbons (Fsp3) is 0.125. The van der Waals surface area contributed by atoms with Gasteiger partial charge in [0.25, 0.3) is 0 Å². The molecule has 0 aliphatic rings. The average molecular weight is 325 g/mol. The lowest BCUT2D eigenvalue weighted by atomic mass is 10.1. The molecule has 0 fully saturated rings. The third-order valence-corrected chi connectivity index (χ3v) is 3.80. The van der Waals surface area contributed by atoms with E-state index in [2.05, 4.69) is 57.9 Å². The maximum absolute atomic E-state index is 6.07. The molecule has 6 nitrogen and oxygen atoms in total. The van der Waals surface area contributed by atoms with Gasteiger partial charge in [0.05, 0.1) is 11.0 Å². The summed E-state index contributed by atoms with van der Waals surface area (Å²) in [6.45, 7) is 4.12. The normalized spacial score (nSPS) is 11.3. The van der Waals surface area contributed by atoms with Gasteiger partial charge < -0.3 is 5.32 Å². The van der Waals surface area contributed by atoms with Crippen LogP contribution in [0.4, 0.5) is 11.5 Å². The van der Waals surface area contributed by atoms with E-state index in [0.29, 0.717) is 16.5 Å². The van der Waals surface area contributed by atoms with Crippen LogP contribution in [0.3, 0.4) is 0 Å². The van der Waals surface area contributed by atoms with Gasteiger partial charge in [0.2, 0.25) is 5.65 Å². The van der Waals surface area contributed by atoms with Crippen LogP contribution in [0.5, 0.6) is 0 Å². The Balaban J connectivity index is 1.91. The van der Waals surface area contributed by atoms with Crippen molar-refractivity contribution in [3.05, 3.63) is 52.5 Å². The number of aryl methyl sites for hydroxylation is 2. The molecule has 2 heterocycles. The second kappa shape index (κ2) is 5.17. The van der Waals surface area contributed by atoms with Crippen LogP contribution in [0.25, 0.3) is 16.7 Å². The lowest BCUT2D eigenvalue weighted by Crippen LogP contribution is -2.01. The number of benzene rings is 2. The minimum absolute atomic E-state index is 0.555. The lowest BCUT2D eigenvalue weighted by Gasteiger charge is -2.10. The molecule has 114 valence electrons. The predicted octanol–water partition coefficient (Wildman–Crippen LogP) is 3.69. The number of tetrazole rings is 1. The van der Waals surface area contributed by atoms with E-state index in [9.17, 15) is 0 Å². The van der Waals surface area contributed by atoms with Crippen molar-refractivity contribution in [2.24, 2.45) is 0 Å². The van der Waals surface area contributed by atoms with Crippen LogP contribution < -0.4 is 5.32 Å². The molecule has 2 aromatic heterocycles. The first kappa shape index (κ1) is 13.9. The monoisotopic (exact) mass is 324 g/mol. The van der Waals surface area contributed by atoms with Crippen LogP contribution in [0.2, 0.25) is 5.02 Å². The molecule has 0 radical (unpaired) electrons. The molecule has 0 spiro atoms. The molecule has 23 heavy (non-hydrogen) atoms. The Morgan fingerprint density at radius 3 is 2.61 bits per heavy atom. The standard InChI is InChI=1S/C16H13ClN6/c1-9-5-10(2)7-12(6-9)18-15-16-20-21-22-23(16)14-8-11(17)3-4-13(14)19-15/h3-8H,1-2H3,(H,18,19). The SMILES string of the molecule is Cc1cc(C)cc(Nc2nc3ccc(Cl)cc3n3nnnc23)c1. The zero-order chi connectivity index (χ0) is 16.0. The van der Waals surface area contributed by atoms with Crippen molar-refractivity contribution < 1.29 is 0 Å². The number of fused-ring (bicyclic) bond motifs is 3. The van der Waals surface area contributed by atoms with E-state index in [4.69, 9.17) is 11.6 Å². The van der Waals surface area contributed by atoms with E-state index >= 15 is 0 Å². The molecule has 4 aromatic rings. The molecular weight excluding hydrogens is 312 g/mol. The zero-order valence-electron chi connectivity index (χ0n) is 12.6. The van der Waals surface area contributed by atoms with Gasteiger partial charge in [-0.15, -0.1) is 5.10 Å². The molecule has 0 aliphatic carbocycles. The lowest BCUT2D eigenvalue weighted by molar-refractivity contribution is 0.841. The van der Waals surface area contributed by atoms with Gasteiger partial charge >= 0.3 is 0 Å². The molecule has 1 N–H and O–H groups in total. The second-order valence-corrected chi connectivity index (χ2v) is 5.95. The van der Waals surface area contributed by atoms with Gasteiger partial charge in [-0.1, -0.05) is 17.7 Å². The topological polar surface area (TPSA) is 68.0 Å². The van der Waals surface area contributed by atoms with Crippen LogP contribution in [-0.2, 0) is 0 Å². The molecule has 7 heteroatoms. The highest BCUT2D eigenvalue weighted by molar-refractivity contribution is 6.31. The molecule has 0 saturated carbocycles. The number of hydrogen-bond donors (Lipinski definition) is 1. The highest BCUT2D eigenvalue weighted by Gasteiger charge is 2.12. The molecule has 0 saturated heterocycles. The summed E-state index contributed by atoms with van der Waals surface area (Å²) in [4.78, 5) is 4.64. The maximum Gasteiger partial charge on any atom is 0.222 e. The summed E-state index contributed by atoms with van der Waals surface area (Å²) in [5, 5.41) is 15.8. The number of aromatic nitrogens is 5. The third kappa shape index (κ3) is 2.47. The van der Waals surface area contributed by atoms with E-state index < -0.39 is 0 Å². The Hall–Kier alpha value is -2.73. The Bertz CT molecular complexity index is 1020. The summed E-state index contributed by atoms with van der Waals surface area (Å²) in [6.07, 6.45) is 0. The van der Waals surface area contributed by atoms with E-state index in [1.807, 2.05) is 6.07 Å². The van der Waals surface area contributed by atoms with Crippen molar-refractivity contribution in [3.63, 3.8) is 0 Å². The molecule has 0 bridgehead atoms. The van der Waals surface area contributed by atoms with Crippen molar-refractivity contribution in [1.82, 2.24) is 25.0 Å². The largest absolute Gasteiger partial charge is 0.337 e. The number of anilines is 2. The van der Waals surface area contributed by atoms with Crippen molar-refractivity contribution >= 4 is 39.8 Å². The Morgan fingerprint density at radius 2 is 1.83 bits per heavy atom. The van der Waals surface area contributed by atoms with Crippen molar-refractivity contribution in [3.8, 4) is 0 Å². The fourth-order valence-electron chi connectivity index (χ4n) is 2.70. The predicted molar refractivity (Wildman–Crippen MR) is 90.3 cm³/mol. The first-order valence-corrected chi connectivity index (χ1v) is 7.51.